The standard InChI is InChI=1S/C28H29NO3/c1-27(2,3)32-25-11-7-8-20-16-28(17-22(20)25)23-9-5-6-10-24(23)29(26(28)30)18-19-12-14-21(31-4)15-13-19/h5-15H,16-18H2,1-4H3. The molecule has 5 rings (SSSR count). The average molecular weight is 428 g/mol. The molecule has 0 aromatic heterocycles. The fourth-order valence-electron chi connectivity index (χ4n) is 5.10. The van der Waals surface area contributed by atoms with Crippen LogP contribution in [0.5, 0.6) is 11.5 Å². The highest BCUT2D eigenvalue weighted by Crippen LogP contribution is 2.52. The molecule has 4 nitrogen and oxygen atoms in total. The van der Waals surface area contributed by atoms with Crippen molar-refractivity contribution in [1.82, 2.24) is 0 Å². The van der Waals surface area contributed by atoms with Crippen LogP contribution in [0.3, 0.4) is 0 Å². The number of carbonyl (C=O) groups is 1. The Morgan fingerprint density at radius 1 is 0.938 bits per heavy atom. The second-order valence-electron chi connectivity index (χ2n) is 9.80. The minimum absolute atomic E-state index is 0.174. The van der Waals surface area contributed by atoms with Gasteiger partial charge in [-0.1, -0.05) is 42.5 Å². The highest BCUT2D eigenvalue weighted by molar-refractivity contribution is 6.09. The topological polar surface area (TPSA) is 38.8 Å². The number of benzene rings is 3. The highest BCUT2D eigenvalue weighted by atomic mass is 16.5. The number of amides is 1. The van der Waals surface area contributed by atoms with Gasteiger partial charge in [0.25, 0.3) is 0 Å². The maximum Gasteiger partial charge on any atom is 0.238 e. The van der Waals surface area contributed by atoms with Gasteiger partial charge < -0.3 is 14.4 Å². The van der Waals surface area contributed by atoms with Crippen molar-refractivity contribution < 1.29 is 14.3 Å². The number of rotatable bonds is 4. The van der Waals surface area contributed by atoms with Crippen LogP contribution in [0.2, 0.25) is 0 Å². The zero-order valence-electron chi connectivity index (χ0n) is 19.1. The van der Waals surface area contributed by atoms with Crippen LogP contribution >= 0.6 is 0 Å². The first kappa shape index (κ1) is 20.6. The maximum absolute atomic E-state index is 14.0. The zero-order chi connectivity index (χ0) is 22.5. The van der Waals surface area contributed by atoms with Crippen molar-refractivity contribution in [1.29, 1.82) is 0 Å². The molecule has 0 saturated carbocycles. The minimum Gasteiger partial charge on any atom is -0.497 e. The third-order valence-electron chi connectivity index (χ3n) is 6.48. The molecule has 3 aromatic carbocycles. The molecule has 1 aliphatic carbocycles. The van der Waals surface area contributed by atoms with Gasteiger partial charge in [0, 0.05) is 5.69 Å². The van der Waals surface area contributed by atoms with Crippen LogP contribution in [0, 0.1) is 0 Å². The summed E-state index contributed by atoms with van der Waals surface area (Å²) in [5.41, 5.74) is 4.73. The largest absolute Gasteiger partial charge is 0.497 e. The van der Waals surface area contributed by atoms with Gasteiger partial charge in [-0.15, -0.1) is 0 Å². The summed E-state index contributed by atoms with van der Waals surface area (Å²) in [6.07, 6.45) is 1.38. The van der Waals surface area contributed by atoms with E-state index >= 15 is 0 Å². The maximum atomic E-state index is 14.0. The molecule has 0 fully saturated rings. The molecular formula is C28H29NO3. The van der Waals surface area contributed by atoms with E-state index in [0.29, 0.717) is 19.4 Å². The predicted molar refractivity (Wildman–Crippen MR) is 127 cm³/mol. The van der Waals surface area contributed by atoms with Crippen molar-refractivity contribution >= 4 is 11.6 Å². The summed E-state index contributed by atoms with van der Waals surface area (Å²) in [6.45, 7) is 6.72. The average Bonchev–Trinajstić information content (AvgIpc) is 3.27. The number of ether oxygens (including phenoxy) is 2. The number of fused-ring (bicyclic) bond motifs is 3. The monoisotopic (exact) mass is 427 g/mol. The molecule has 164 valence electrons. The fraction of sp³-hybridized carbons (Fsp3) is 0.321. The van der Waals surface area contributed by atoms with E-state index in [2.05, 4.69) is 39.0 Å². The zero-order valence-corrected chi connectivity index (χ0v) is 19.1. The van der Waals surface area contributed by atoms with Crippen LogP contribution in [0.15, 0.2) is 66.7 Å². The Morgan fingerprint density at radius 3 is 2.41 bits per heavy atom. The van der Waals surface area contributed by atoms with E-state index in [1.165, 1.54) is 5.56 Å². The number of nitrogens with zero attached hydrogens (tertiary/aromatic N) is 1. The van der Waals surface area contributed by atoms with Crippen LogP contribution in [0.25, 0.3) is 0 Å². The smallest absolute Gasteiger partial charge is 0.238 e. The Balaban J connectivity index is 1.52. The lowest BCUT2D eigenvalue weighted by atomic mass is 9.79. The molecule has 1 spiro atoms. The molecule has 0 saturated heterocycles. The highest BCUT2D eigenvalue weighted by Gasteiger charge is 2.54. The van der Waals surface area contributed by atoms with E-state index in [-0.39, 0.29) is 11.5 Å². The Kier molecular flexibility index (Phi) is 4.77. The molecular weight excluding hydrogens is 398 g/mol. The first-order chi connectivity index (χ1) is 15.3. The van der Waals surface area contributed by atoms with E-state index in [1.54, 1.807) is 7.11 Å². The van der Waals surface area contributed by atoms with E-state index in [9.17, 15) is 4.79 Å². The number of methoxy groups -OCH3 is 1. The first-order valence-corrected chi connectivity index (χ1v) is 11.1. The summed E-state index contributed by atoms with van der Waals surface area (Å²) in [4.78, 5) is 16.0. The summed E-state index contributed by atoms with van der Waals surface area (Å²) < 4.78 is 11.6. The molecule has 1 aliphatic heterocycles. The van der Waals surface area contributed by atoms with Gasteiger partial charge in [0.2, 0.25) is 5.91 Å². The van der Waals surface area contributed by atoms with Crippen molar-refractivity contribution in [2.24, 2.45) is 0 Å². The van der Waals surface area contributed by atoms with Gasteiger partial charge in [-0.05, 0) is 80.1 Å². The number of carbonyl (C=O) groups excluding carboxylic acids is 1. The number of hydrogen-bond acceptors (Lipinski definition) is 3. The van der Waals surface area contributed by atoms with Crippen molar-refractivity contribution in [3.8, 4) is 11.5 Å². The van der Waals surface area contributed by atoms with Crippen LogP contribution in [0.1, 0.15) is 43.0 Å². The molecule has 0 bridgehead atoms. The van der Waals surface area contributed by atoms with Gasteiger partial charge in [-0.3, -0.25) is 4.79 Å². The second-order valence-corrected chi connectivity index (χ2v) is 9.80. The van der Waals surface area contributed by atoms with E-state index in [1.807, 2.05) is 53.4 Å². The van der Waals surface area contributed by atoms with Gasteiger partial charge in [0.05, 0.1) is 19.1 Å². The third kappa shape index (κ3) is 3.35. The van der Waals surface area contributed by atoms with Gasteiger partial charge in [0.1, 0.15) is 17.1 Å². The van der Waals surface area contributed by atoms with Crippen LogP contribution in [-0.4, -0.2) is 18.6 Å². The first-order valence-electron chi connectivity index (χ1n) is 11.1. The van der Waals surface area contributed by atoms with Gasteiger partial charge in [0.15, 0.2) is 0 Å². The fourth-order valence-corrected chi connectivity index (χ4v) is 5.10. The number of hydrogen-bond donors (Lipinski definition) is 0. The molecule has 1 heterocycles. The molecule has 1 atom stereocenters. The predicted octanol–water partition coefficient (Wildman–Crippen LogP) is 5.46. The SMILES string of the molecule is COc1ccc(CN2C(=O)C3(Cc4cccc(OC(C)(C)C)c4C3)c3ccccc32)cc1. The summed E-state index contributed by atoms with van der Waals surface area (Å²) in [5.74, 6) is 1.88. The molecule has 1 unspecified atom stereocenters. The summed E-state index contributed by atoms with van der Waals surface area (Å²) in [5, 5.41) is 0. The molecule has 1 amide bonds. The normalized spacial score (nSPS) is 19.2. The quantitative estimate of drug-likeness (QED) is 0.555. The van der Waals surface area contributed by atoms with Crippen LogP contribution < -0.4 is 14.4 Å². The van der Waals surface area contributed by atoms with Crippen LogP contribution in [0.4, 0.5) is 5.69 Å². The molecule has 4 heteroatoms. The van der Waals surface area contributed by atoms with Crippen LogP contribution in [-0.2, 0) is 29.6 Å². The third-order valence-corrected chi connectivity index (χ3v) is 6.48. The van der Waals surface area contributed by atoms with Gasteiger partial charge in [-0.2, -0.15) is 0 Å². The van der Waals surface area contributed by atoms with Crippen molar-refractivity contribution in [3.63, 3.8) is 0 Å². The van der Waals surface area contributed by atoms with Gasteiger partial charge in [-0.25, -0.2) is 0 Å². The summed E-state index contributed by atoms with van der Waals surface area (Å²) in [7, 11) is 1.66. The lowest BCUT2D eigenvalue weighted by molar-refractivity contribution is -0.123. The molecule has 2 aliphatic rings. The molecule has 3 aromatic rings. The number of para-hydroxylation sites is 1. The Hall–Kier alpha value is -3.27. The molecule has 0 radical (unpaired) electrons. The van der Waals surface area contributed by atoms with E-state index < -0.39 is 5.41 Å². The Labute approximate surface area is 189 Å². The summed E-state index contributed by atoms with van der Waals surface area (Å²) >= 11 is 0. The van der Waals surface area contributed by atoms with Crippen molar-refractivity contribution in [3.05, 3.63) is 89.0 Å². The van der Waals surface area contributed by atoms with E-state index in [0.717, 1.165) is 33.9 Å². The van der Waals surface area contributed by atoms with Crippen molar-refractivity contribution in [2.45, 2.75) is 51.2 Å². The van der Waals surface area contributed by atoms with E-state index in [4.69, 9.17) is 9.47 Å². The van der Waals surface area contributed by atoms with Gasteiger partial charge >= 0.3 is 0 Å². The molecule has 0 N–H and O–H groups in total. The Bertz CT molecular complexity index is 1180. The summed E-state index contributed by atoms with van der Waals surface area (Å²) in [6, 6.07) is 22.4. The lowest BCUT2D eigenvalue weighted by Gasteiger charge is -2.25. The second kappa shape index (κ2) is 7.40. The van der Waals surface area contributed by atoms with Crippen molar-refractivity contribution in [2.75, 3.05) is 12.0 Å². The molecule has 32 heavy (non-hydrogen) atoms. The number of anilines is 1. The lowest BCUT2D eigenvalue weighted by Crippen LogP contribution is -2.40. The Morgan fingerprint density at radius 2 is 1.69 bits per heavy atom. The minimum atomic E-state index is -0.567.